The zero-order valence-electron chi connectivity index (χ0n) is 16.1. The molecule has 1 aromatic carbocycles. The summed E-state index contributed by atoms with van der Waals surface area (Å²) in [6.07, 6.45) is 0. The minimum atomic E-state index is 0.180. The van der Waals surface area contributed by atoms with Crippen LogP contribution in [0.3, 0.4) is 0 Å². The molecule has 3 aromatic rings. The summed E-state index contributed by atoms with van der Waals surface area (Å²) in [7, 11) is 0. The quantitative estimate of drug-likeness (QED) is 0.628. The van der Waals surface area contributed by atoms with Gasteiger partial charge in [-0.05, 0) is 35.7 Å². The van der Waals surface area contributed by atoms with E-state index in [1.165, 1.54) is 35.6 Å². The second-order valence-corrected chi connectivity index (χ2v) is 8.41. The van der Waals surface area contributed by atoms with Gasteiger partial charge in [-0.3, -0.25) is 0 Å². The Morgan fingerprint density at radius 3 is 2.56 bits per heavy atom. The van der Waals surface area contributed by atoms with Crippen LogP contribution in [0.25, 0.3) is 0 Å². The van der Waals surface area contributed by atoms with Crippen LogP contribution in [0.5, 0.6) is 0 Å². The summed E-state index contributed by atoms with van der Waals surface area (Å²) in [6.45, 7) is 11.1. The largest absolute Gasteiger partial charge is 0.326 e. The molecule has 0 spiro atoms. The van der Waals surface area contributed by atoms with E-state index in [0.29, 0.717) is 0 Å². The summed E-state index contributed by atoms with van der Waals surface area (Å²) in [5, 5.41) is 15.0. The topological polar surface area (TPSA) is 52.5 Å². The van der Waals surface area contributed by atoms with E-state index in [1.807, 2.05) is 4.68 Å². The van der Waals surface area contributed by atoms with Crippen molar-refractivity contribution < 1.29 is 9.80 Å². The summed E-state index contributed by atoms with van der Waals surface area (Å²) in [4.78, 5) is 4.54. The van der Waals surface area contributed by atoms with E-state index in [9.17, 15) is 0 Å². The van der Waals surface area contributed by atoms with E-state index in [2.05, 4.69) is 71.2 Å². The zero-order chi connectivity index (χ0) is 18.6. The van der Waals surface area contributed by atoms with E-state index < -0.39 is 0 Å². The number of aryl methyl sites for hydroxylation is 1. The number of hydrogen-bond donors (Lipinski definition) is 2. The molecule has 2 aromatic heterocycles. The normalized spacial score (nSPS) is 21.3. The van der Waals surface area contributed by atoms with E-state index in [0.717, 1.165) is 25.5 Å². The molecule has 27 heavy (non-hydrogen) atoms. The van der Waals surface area contributed by atoms with Crippen LogP contribution < -0.4 is 9.80 Å². The van der Waals surface area contributed by atoms with Gasteiger partial charge in [-0.1, -0.05) is 35.9 Å². The van der Waals surface area contributed by atoms with Crippen LogP contribution in [0.1, 0.15) is 34.8 Å². The molecule has 1 aliphatic rings. The van der Waals surface area contributed by atoms with Gasteiger partial charge in [-0.2, -0.15) is 0 Å². The molecule has 1 aliphatic heterocycles. The Morgan fingerprint density at radius 1 is 1.11 bits per heavy atom. The number of rotatable bonds is 6. The maximum absolute atomic E-state index is 4.49. The van der Waals surface area contributed by atoms with Crippen molar-refractivity contribution in [1.29, 1.82) is 0 Å². The van der Waals surface area contributed by atoms with E-state index in [1.54, 1.807) is 21.1 Å². The number of piperazine rings is 1. The Kier molecular flexibility index (Phi) is 5.61. The summed E-state index contributed by atoms with van der Waals surface area (Å²) in [6, 6.07) is 13.3. The lowest BCUT2D eigenvalue weighted by atomic mass is 10.0. The average molecular weight is 385 g/mol. The number of benzene rings is 1. The Bertz CT molecular complexity index is 834. The molecule has 2 N–H and O–H groups in total. The van der Waals surface area contributed by atoms with Gasteiger partial charge in [0.15, 0.2) is 6.04 Å². The molecule has 142 valence electrons. The first-order valence-electron chi connectivity index (χ1n) is 9.77. The van der Waals surface area contributed by atoms with Crippen molar-refractivity contribution in [3.8, 4) is 0 Å². The predicted molar refractivity (Wildman–Crippen MR) is 106 cm³/mol. The first-order chi connectivity index (χ1) is 13.2. The average Bonchev–Trinajstić information content (AvgIpc) is 3.37. The first kappa shape index (κ1) is 18.3. The standard InChI is InChI=1S/C20H26N6S/c1-3-24-10-12-25(13-11-24)19(17-8-6-16(2)7-9-17)20-21-22-23-26(20)15-18-5-4-14-27-18/h4-9,14,19H,3,10-13,15H2,1-2H3/p+2/t19-/m0/s1. The monoisotopic (exact) mass is 384 g/mol. The van der Waals surface area contributed by atoms with E-state index in [4.69, 9.17) is 0 Å². The lowest BCUT2D eigenvalue weighted by Gasteiger charge is -2.33. The maximum Gasteiger partial charge on any atom is 0.214 e. The van der Waals surface area contributed by atoms with E-state index >= 15 is 0 Å². The first-order valence-corrected chi connectivity index (χ1v) is 10.7. The van der Waals surface area contributed by atoms with Crippen LogP contribution in [0, 0.1) is 6.92 Å². The molecule has 0 radical (unpaired) electrons. The lowest BCUT2D eigenvalue weighted by molar-refractivity contribution is -1.02. The van der Waals surface area contributed by atoms with Gasteiger partial charge in [-0.15, -0.1) is 16.4 Å². The zero-order valence-corrected chi connectivity index (χ0v) is 16.9. The highest BCUT2D eigenvalue weighted by Crippen LogP contribution is 2.19. The SMILES string of the molecule is CC[NH+]1CC[NH+]([C@@H](c2ccc(C)cc2)c2nnnn2Cc2cccs2)CC1. The highest BCUT2D eigenvalue weighted by atomic mass is 32.1. The summed E-state index contributed by atoms with van der Waals surface area (Å²) in [5.74, 6) is 0.974. The van der Waals surface area contributed by atoms with Crippen molar-refractivity contribution in [3.05, 3.63) is 63.6 Å². The molecule has 3 heterocycles. The molecule has 0 saturated carbocycles. The third kappa shape index (κ3) is 4.10. The van der Waals surface area contributed by atoms with Crippen LogP contribution in [-0.2, 0) is 6.54 Å². The van der Waals surface area contributed by atoms with Crippen molar-refractivity contribution >= 4 is 11.3 Å². The Balaban J connectivity index is 1.66. The fourth-order valence-electron chi connectivity index (χ4n) is 3.97. The van der Waals surface area contributed by atoms with Gasteiger partial charge in [0, 0.05) is 10.4 Å². The molecular formula is C20H28N6S+2. The Morgan fingerprint density at radius 2 is 1.89 bits per heavy atom. The van der Waals surface area contributed by atoms with Gasteiger partial charge in [0.05, 0.1) is 13.1 Å². The minimum Gasteiger partial charge on any atom is -0.326 e. The molecule has 0 amide bonds. The number of nitrogens with one attached hydrogen (secondary N) is 2. The third-order valence-electron chi connectivity index (χ3n) is 5.62. The van der Waals surface area contributed by atoms with Gasteiger partial charge in [0.25, 0.3) is 0 Å². The van der Waals surface area contributed by atoms with Crippen molar-refractivity contribution in [2.24, 2.45) is 0 Å². The second-order valence-electron chi connectivity index (χ2n) is 7.38. The highest BCUT2D eigenvalue weighted by Gasteiger charge is 2.35. The molecule has 6 nitrogen and oxygen atoms in total. The smallest absolute Gasteiger partial charge is 0.214 e. The fraction of sp³-hybridized carbons (Fsp3) is 0.450. The highest BCUT2D eigenvalue weighted by molar-refractivity contribution is 7.09. The van der Waals surface area contributed by atoms with Gasteiger partial charge < -0.3 is 9.80 Å². The number of nitrogens with zero attached hydrogens (tertiary/aromatic N) is 4. The molecule has 0 aliphatic carbocycles. The number of quaternary nitrogens is 2. The van der Waals surface area contributed by atoms with Gasteiger partial charge in [0.2, 0.25) is 5.82 Å². The van der Waals surface area contributed by atoms with Crippen molar-refractivity contribution in [3.63, 3.8) is 0 Å². The van der Waals surface area contributed by atoms with Crippen LogP contribution in [0.4, 0.5) is 0 Å². The number of aromatic nitrogens is 4. The van der Waals surface area contributed by atoms with Crippen molar-refractivity contribution in [2.45, 2.75) is 26.4 Å². The van der Waals surface area contributed by atoms with Gasteiger partial charge in [-0.25, -0.2) is 4.68 Å². The fourth-order valence-corrected chi connectivity index (χ4v) is 4.66. The summed E-state index contributed by atoms with van der Waals surface area (Å²) < 4.78 is 1.99. The van der Waals surface area contributed by atoms with Crippen molar-refractivity contribution in [2.75, 3.05) is 32.7 Å². The maximum atomic E-state index is 4.49. The van der Waals surface area contributed by atoms with Crippen LogP contribution in [0.15, 0.2) is 41.8 Å². The number of thiophene rings is 1. The summed E-state index contributed by atoms with van der Waals surface area (Å²) in [5.41, 5.74) is 2.59. The molecule has 1 saturated heterocycles. The van der Waals surface area contributed by atoms with Gasteiger partial charge in [0.1, 0.15) is 26.2 Å². The van der Waals surface area contributed by atoms with Crippen LogP contribution in [-0.4, -0.2) is 52.9 Å². The summed E-state index contributed by atoms with van der Waals surface area (Å²) >= 11 is 1.75. The Labute approximate surface area is 164 Å². The second kappa shape index (κ2) is 8.29. The van der Waals surface area contributed by atoms with Crippen LogP contribution >= 0.6 is 11.3 Å². The minimum absolute atomic E-state index is 0.180. The molecule has 4 rings (SSSR count). The lowest BCUT2D eigenvalue weighted by Crippen LogP contribution is -3.28. The molecule has 1 fully saturated rings. The number of likely N-dealkylation sites (N-methyl/N-ethyl adjacent to an activating group) is 1. The molecular weight excluding hydrogens is 356 g/mol. The molecule has 1 atom stereocenters. The number of hydrogen-bond acceptors (Lipinski definition) is 4. The molecule has 0 bridgehead atoms. The number of tetrazole rings is 1. The van der Waals surface area contributed by atoms with Gasteiger partial charge >= 0.3 is 0 Å². The molecule has 7 heteroatoms. The third-order valence-corrected chi connectivity index (χ3v) is 6.48. The molecule has 0 unspecified atom stereocenters. The Hall–Kier alpha value is -2.09. The predicted octanol–water partition coefficient (Wildman–Crippen LogP) is -0.0160. The van der Waals surface area contributed by atoms with Crippen molar-refractivity contribution in [1.82, 2.24) is 20.2 Å². The van der Waals surface area contributed by atoms with Crippen LogP contribution in [0.2, 0.25) is 0 Å². The van der Waals surface area contributed by atoms with E-state index in [-0.39, 0.29) is 6.04 Å².